The van der Waals surface area contributed by atoms with Crippen LogP contribution in [0.5, 0.6) is 0 Å². The van der Waals surface area contributed by atoms with Crippen molar-refractivity contribution in [3.05, 3.63) is 60.1 Å². The molecule has 0 saturated heterocycles. The molecule has 1 N–H and O–H groups in total. The fourth-order valence-corrected chi connectivity index (χ4v) is 2.82. The normalized spacial score (nSPS) is 14.2. The minimum absolute atomic E-state index is 0.392. The van der Waals surface area contributed by atoms with Crippen LogP contribution in [0.3, 0.4) is 0 Å². The highest BCUT2D eigenvalue weighted by molar-refractivity contribution is 5.18. The molecule has 0 radical (unpaired) electrons. The van der Waals surface area contributed by atoms with Crippen molar-refractivity contribution in [1.29, 1.82) is 0 Å². The Morgan fingerprint density at radius 2 is 1.68 bits per heavy atom. The van der Waals surface area contributed by atoms with Crippen LogP contribution >= 0.6 is 0 Å². The average Bonchev–Trinajstić information content (AvgIpc) is 3.05. The molecule has 2 rings (SSSR count). The van der Waals surface area contributed by atoms with Crippen molar-refractivity contribution < 1.29 is 4.42 Å². The molecule has 1 aromatic carbocycles. The average molecular weight is 299 g/mol. The molecule has 0 spiro atoms. The molecule has 0 aliphatic heterocycles. The van der Waals surface area contributed by atoms with Crippen LogP contribution < -0.4 is 5.32 Å². The maximum atomic E-state index is 5.64. The fraction of sp³-hybridized carbons (Fsp3) is 0.500. The predicted octanol–water partition coefficient (Wildman–Crippen LogP) is 5.54. The number of nitrogens with one attached hydrogen (secondary N) is 1. The van der Waals surface area contributed by atoms with E-state index in [0.717, 1.165) is 24.6 Å². The number of hydrogen-bond acceptors (Lipinski definition) is 2. The van der Waals surface area contributed by atoms with Gasteiger partial charge in [0.05, 0.1) is 6.26 Å². The van der Waals surface area contributed by atoms with E-state index >= 15 is 0 Å². The summed E-state index contributed by atoms with van der Waals surface area (Å²) in [6.45, 7) is 7.81. The molecule has 0 aliphatic rings. The van der Waals surface area contributed by atoms with Gasteiger partial charge in [0.1, 0.15) is 5.76 Å². The number of furan rings is 1. The molecule has 2 heteroatoms. The Hall–Kier alpha value is -1.54. The zero-order valence-corrected chi connectivity index (χ0v) is 14.1. The Kier molecular flexibility index (Phi) is 6.73. The monoisotopic (exact) mass is 299 g/mol. The zero-order valence-electron chi connectivity index (χ0n) is 14.1. The largest absolute Gasteiger partial charge is 0.469 e. The summed E-state index contributed by atoms with van der Waals surface area (Å²) in [6, 6.07) is 15.1. The Balaban J connectivity index is 1.83. The molecule has 1 aromatic heterocycles. The van der Waals surface area contributed by atoms with Gasteiger partial charge in [-0.05, 0) is 49.9 Å². The van der Waals surface area contributed by atoms with E-state index in [1.165, 1.54) is 18.4 Å². The lowest BCUT2D eigenvalue weighted by atomic mass is 9.93. The molecule has 2 nitrogen and oxygen atoms in total. The molecular weight excluding hydrogens is 270 g/mol. The standard InChI is InChI=1S/C20H29NO/c1-16(2)11-12-19(20-10-7-15-22-20)13-14-21-17(3)18-8-5-4-6-9-18/h4-10,15-17,19,21H,11-14H2,1-3H3. The van der Waals surface area contributed by atoms with Crippen LogP contribution in [0.2, 0.25) is 0 Å². The van der Waals surface area contributed by atoms with Crippen LogP contribution in [0, 0.1) is 5.92 Å². The summed E-state index contributed by atoms with van der Waals surface area (Å²) in [7, 11) is 0. The van der Waals surface area contributed by atoms with Gasteiger partial charge in [-0.1, -0.05) is 50.6 Å². The van der Waals surface area contributed by atoms with Crippen molar-refractivity contribution in [2.75, 3.05) is 6.54 Å². The van der Waals surface area contributed by atoms with Gasteiger partial charge in [0, 0.05) is 12.0 Å². The van der Waals surface area contributed by atoms with Crippen molar-refractivity contribution in [3.63, 3.8) is 0 Å². The molecule has 0 amide bonds. The highest BCUT2D eigenvalue weighted by atomic mass is 16.3. The van der Waals surface area contributed by atoms with Gasteiger partial charge in [0.25, 0.3) is 0 Å². The number of rotatable bonds is 9. The Morgan fingerprint density at radius 1 is 0.909 bits per heavy atom. The van der Waals surface area contributed by atoms with Gasteiger partial charge in [-0.2, -0.15) is 0 Å². The van der Waals surface area contributed by atoms with Crippen molar-refractivity contribution in [2.24, 2.45) is 5.92 Å². The van der Waals surface area contributed by atoms with Crippen LogP contribution in [0.25, 0.3) is 0 Å². The third-order valence-electron chi connectivity index (χ3n) is 4.28. The van der Waals surface area contributed by atoms with Crippen LogP contribution in [0.1, 0.15) is 63.3 Å². The molecule has 22 heavy (non-hydrogen) atoms. The summed E-state index contributed by atoms with van der Waals surface area (Å²) < 4.78 is 5.64. The molecule has 120 valence electrons. The Labute approximate surface area is 134 Å². The van der Waals surface area contributed by atoms with E-state index in [1.54, 1.807) is 6.26 Å². The Morgan fingerprint density at radius 3 is 2.32 bits per heavy atom. The first-order chi connectivity index (χ1) is 10.7. The van der Waals surface area contributed by atoms with Crippen LogP contribution in [0.15, 0.2) is 53.1 Å². The lowest BCUT2D eigenvalue weighted by Crippen LogP contribution is -2.21. The lowest BCUT2D eigenvalue weighted by Gasteiger charge is -2.19. The SMILES string of the molecule is CC(C)CCC(CCNC(C)c1ccccc1)c1ccco1. The second-order valence-corrected chi connectivity index (χ2v) is 6.56. The highest BCUT2D eigenvalue weighted by Gasteiger charge is 2.15. The van der Waals surface area contributed by atoms with Gasteiger partial charge in [-0.3, -0.25) is 0 Å². The summed E-state index contributed by atoms with van der Waals surface area (Å²) >= 11 is 0. The number of hydrogen-bond donors (Lipinski definition) is 1. The third-order valence-corrected chi connectivity index (χ3v) is 4.28. The van der Waals surface area contributed by atoms with Gasteiger partial charge >= 0.3 is 0 Å². The Bertz CT molecular complexity index is 504. The molecule has 0 bridgehead atoms. The minimum Gasteiger partial charge on any atom is -0.469 e. The first kappa shape index (κ1) is 16.8. The summed E-state index contributed by atoms with van der Waals surface area (Å²) in [4.78, 5) is 0. The van der Waals surface area contributed by atoms with Gasteiger partial charge in [-0.25, -0.2) is 0 Å². The zero-order chi connectivity index (χ0) is 15.8. The van der Waals surface area contributed by atoms with Crippen LogP contribution in [-0.2, 0) is 0 Å². The van der Waals surface area contributed by atoms with E-state index in [4.69, 9.17) is 4.42 Å². The maximum absolute atomic E-state index is 5.64. The molecule has 0 fully saturated rings. The van der Waals surface area contributed by atoms with Crippen molar-refractivity contribution in [3.8, 4) is 0 Å². The second kappa shape index (κ2) is 8.79. The minimum atomic E-state index is 0.392. The van der Waals surface area contributed by atoms with Crippen molar-refractivity contribution >= 4 is 0 Å². The molecule has 2 atom stereocenters. The van der Waals surface area contributed by atoms with E-state index in [0.29, 0.717) is 12.0 Å². The summed E-state index contributed by atoms with van der Waals surface area (Å²) in [5, 5.41) is 3.64. The van der Waals surface area contributed by atoms with Gasteiger partial charge < -0.3 is 9.73 Å². The van der Waals surface area contributed by atoms with Crippen LogP contribution in [0.4, 0.5) is 0 Å². The van der Waals surface area contributed by atoms with E-state index in [1.807, 2.05) is 6.07 Å². The fourth-order valence-electron chi connectivity index (χ4n) is 2.82. The molecule has 2 aromatic rings. The summed E-state index contributed by atoms with van der Waals surface area (Å²) in [6.07, 6.45) is 5.36. The molecule has 2 unspecified atom stereocenters. The van der Waals surface area contributed by atoms with Crippen molar-refractivity contribution in [2.45, 2.75) is 52.0 Å². The maximum Gasteiger partial charge on any atom is 0.106 e. The molecule has 0 saturated carbocycles. The van der Waals surface area contributed by atoms with E-state index in [9.17, 15) is 0 Å². The highest BCUT2D eigenvalue weighted by Crippen LogP contribution is 2.27. The second-order valence-electron chi connectivity index (χ2n) is 6.56. The molecule has 0 aliphatic carbocycles. The first-order valence-corrected chi connectivity index (χ1v) is 8.48. The lowest BCUT2D eigenvalue weighted by molar-refractivity contribution is 0.392. The van der Waals surface area contributed by atoms with E-state index < -0.39 is 0 Å². The first-order valence-electron chi connectivity index (χ1n) is 8.48. The quantitative estimate of drug-likeness (QED) is 0.657. The predicted molar refractivity (Wildman–Crippen MR) is 93.0 cm³/mol. The smallest absolute Gasteiger partial charge is 0.106 e. The van der Waals surface area contributed by atoms with Gasteiger partial charge in [0.15, 0.2) is 0 Å². The molecule has 1 heterocycles. The van der Waals surface area contributed by atoms with E-state index in [2.05, 4.69) is 62.5 Å². The molecular formula is C20H29NO. The van der Waals surface area contributed by atoms with Crippen molar-refractivity contribution in [1.82, 2.24) is 5.32 Å². The summed E-state index contributed by atoms with van der Waals surface area (Å²) in [5.74, 6) is 2.40. The summed E-state index contributed by atoms with van der Waals surface area (Å²) in [5.41, 5.74) is 1.35. The number of benzene rings is 1. The topological polar surface area (TPSA) is 25.2 Å². The van der Waals surface area contributed by atoms with Crippen LogP contribution in [-0.4, -0.2) is 6.54 Å². The van der Waals surface area contributed by atoms with E-state index in [-0.39, 0.29) is 0 Å². The van der Waals surface area contributed by atoms with Gasteiger partial charge in [0.2, 0.25) is 0 Å². The third kappa shape index (κ3) is 5.34. The van der Waals surface area contributed by atoms with Gasteiger partial charge in [-0.15, -0.1) is 0 Å².